The lowest BCUT2D eigenvalue weighted by Gasteiger charge is -2.39. The molecule has 3 heteroatoms. The molecule has 114 valence electrons. The molecule has 0 aromatic heterocycles. The van der Waals surface area contributed by atoms with E-state index in [2.05, 4.69) is 46.9 Å². The van der Waals surface area contributed by atoms with Crippen LogP contribution in [0.25, 0.3) is 0 Å². The van der Waals surface area contributed by atoms with Gasteiger partial charge < -0.3 is 10.1 Å². The fourth-order valence-electron chi connectivity index (χ4n) is 4.01. The molecule has 2 aliphatic carbocycles. The Labute approximate surface area is 125 Å². The standard InChI is InChI=1S/C16H31NO.ClH/c1-14(2,3)17-9-10-18-13-11-12-7-8-16(13,6)15(12,4)5;/h12-13,17H,7-11H2,1-6H3;1H. The van der Waals surface area contributed by atoms with Gasteiger partial charge in [-0.1, -0.05) is 20.8 Å². The molecule has 0 aromatic rings. The van der Waals surface area contributed by atoms with Crippen molar-refractivity contribution in [1.82, 2.24) is 5.32 Å². The van der Waals surface area contributed by atoms with Gasteiger partial charge in [0.15, 0.2) is 0 Å². The predicted molar refractivity (Wildman–Crippen MR) is 84.0 cm³/mol. The van der Waals surface area contributed by atoms with Crippen molar-refractivity contribution in [3.8, 4) is 0 Å². The van der Waals surface area contributed by atoms with Gasteiger partial charge in [-0.3, -0.25) is 0 Å². The summed E-state index contributed by atoms with van der Waals surface area (Å²) in [5, 5.41) is 3.50. The highest BCUT2D eigenvalue weighted by atomic mass is 35.5. The zero-order valence-electron chi connectivity index (χ0n) is 13.5. The maximum Gasteiger partial charge on any atom is 0.0637 e. The third kappa shape index (κ3) is 3.11. The fourth-order valence-corrected chi connectivity index (χ4v) is 4.01. The Bertz CT molecular complexity index is 310. The van der Waals surface area contributed by atoms with Crippen LogP contribution >= 0.6 is 12.4 Å². The molecule has 0 aliphatic heterocycles. The maximum atomic E-state index is 6.21. The van der Waals surface area contributed by atoms with Crippen molar-refractivity contribution in [3.63, 3.8) is 0 Å². The summed E-state index contributed by atoms with van der Waals surface area (Å²) in [5.74, 6) is 0.878. The van der Waals surface area contributed by atoms with Gasteiger partial charge >= 0.3 is 0 Å². The van der Waals surface area contributed by atoms with E-state index in [1.807, 2.05) is 0 Å². The first-order chi connectivity index (χ1) is 8.17. The van der Waals surface area contributed by atoms with Gasteiger partial charge in [-0.05, 0) is 56.8 Å². The summed E-state index contributed by atoms with van der Waals surface area (Å²) in [6.07, 6.45) is 4.51. The first kappa shape index (κ1) is 17.3. The van der Waals surface area contributed by atoms with E-state index < -0.39 is 0 Å². The van der Waals surface area contributed by atoms with Crippen molar-refractivity contribution in [2.75, 3.05) is 13.2 Å². The van der Waals surface area contributed by atoms with Crippen LogP contribution < -0.4 is 5.32 Å². The molecule has 0 heterocycles. The number of nitrogens with one attached hydrogen (secondary N) is 1. The molecule has 0 radical (unpaired) electrons. The normalized spacial score (nSPS) is 36.3. The number of ether oxygens (including phenoxy) is 1. The summed E-state index contributed by atoms with van der Waals surface area (Å²) < 4.78 is 6.21. The van der Waals surface area contributed by atoms with E-state index in [1.54, 1.807) is 0 Å². The second-order valence-corrected chi connectivity index (χ2v) is 8.15. The quantitative estimate of drug-likeness (QED) is 0.789. The van der Waals surface area contributed by atoms with Crippen LogP contribution in [0.3, 0.4) is 0 Å². The van der Waals surface area contributed by atoms with Crippen LogP contribution in [0, 0.1) is 16.7 Å². The van der Waals surface area contributed by atoms with Gasteiger partial charge in [0.2, 0.25) is 0 Å². The average molecular weight is 290 g/mol. The number of hydrogen-bond donors (Lipinski definition) is 1. The summed E-state index contributed by atoms with van der Waals surface area (Å²) in [5.41, 5.74) is 1.07. The smallest absolute Gasteiger partial charge is 0.0637 e. The predicted octanol–water partition coefficient (Wildman–Crippen LogP) is 4.03. The molecule has 2 aliphatic rings. The van der Waals surface area contributed by atoms with Crippen LogP contribution in [0.2, 0.25) is 0 Å². The van der Waals surface area contributed by atoms with Crippen molar-refractivity contribution in [2.45, 2.75) is 72.4 Å². The average Bonchev–Trinajstić information content (AvgIpc) is 2.55. The molecular formula is C16H32ClNO. The molecule has 2 nitrogen and oxygen atoms in total. The zero-order chi connectivity index (χ0) is 13.6. The van der Waals surface area contributed by atoms with Crippen LogP contribution in [0.1, 0.15) is 60.8 Å². The lowest BCUT2D eigenvalue weighted by molar-refractivity contribution is -0.0459. The minimum atomic E-state index is 0. The molecule has 2 fully saturated rings. The molecule has 2 bridgehead atoms. The van der Waals surface area contributed by atoms with E-state index in [-0.39, 0.29) is 17.9 Å². The highest BCUT2D eigenvalue weighted by Crippen LogP contribution is 2.66. The summed E-state index contributed by atoms with van der Waals surface area (Å²) >= 11 is 0. The summed E-state index contributed by atoms with van der Waals surface area (Å²) in [7, 11) is 0. The molecule has 1 N–H and O–H groups in total. The lowest BCUT2D eigenvalue weighted by atomic mass is 9.70. The molecule has 0 aromatic carbocycles. The Hall–Kier alpha value is 0.210. The molecule has 2 rings (SSSR count). The molecule has 0 amide bonds. The third-order valence-electron chi connectivity index (χ3n) is 5.79. The van der Waals surface area contributed by atoms with Crippen LogP contribution in [0.5, 0.6) is 0 Å². The molecule has 3 atom stereocenters. The molecule has 19 heavy (non-hydrogen) atoms. The van der Waals surface area contributed by atoms with Crippen molar-refractivity contribution in [1.29, 1.82) is 0 Å². The molecule has 0 saturated heterocycles. The van der Waals surface area contributed by atoms with E-state index in [0.717, 1.165) is 19.1 Å². The Morgan fingerprint density at radius 1 is 1.21 bits per heavy atom. The summed E-state index contributed by atoms with van der Waals surface area (Å²) in [6.45, 7) is 15.8. The minimum Gasteiger partial charge on any atom is -0.376 e. The lowest BCUT2D eigenvalue weighted by Crippen LogP contribution is -2.41. The largest absolute Gasteiger partial charge is 0.376 e. The van der Waals surface area contributed by atoms with Gasteiger partial charge in [-0.15, -0.1) is 12.4 Å². The van der Waals surface area contributed by atoms with Gasteiger partial charge in [0.05, 0.1) is 12.7 Å². The number of rotatable bonds is 4. The van der Waals surface area contributed by atoms with Gasteiger partial charge in [0, 0.05) is 12.1 Å². The Kier molecular flexibility index (Phi) is 5.03. The molecule has 2 saturated carbocycles. The van der Waals surface area contributed by atoms with Crippen LogP contribution in [0.4, 0.5) is 0 Å². The van der Waals surface area contributed by atoms with Crippen molar-refractivity contribution in [3.05, 3.63) is 0 Å². The first-order valence-electron chi connectivity index (χ1n) is 7.53. The SMILES string of the molecule is CC(C)(C)NCCOC1CC2CCC1(C)C2(C)C.Cl. The van der Waals surface area contributed by atoms with E-state index in [9.17, 15) is 0 Å². The Balaban J connectivity index is 0.00000180. The van der Waals surface area contributed by atoms with Gasteiger partial charge in [0.25, 0.3) is 0 Å². The molecular weight excluding hydrogens is 258 g/mol. The summed E-state index contributed by atoms with van der Waals surface area (Å²) in [6, 6.07) is 0. The van der Waals surface area contributed by atoms with E-state index in [1.165, 1.54) is 19.3 Å². The van der Waals surface area contributed by atoms with Crippen LogP contribution in [0.15, 0.2) is 0 Å². The molecule has 0 spiro atoms. The van der Waals surface area contributed by atoms with E-state index in [4.69, 9.17) is 4.74 Å². The highest BCUT2D eigenvalue weighted by Gasteiger charge is 2.61. The Morgan fingerprint density at radius 2 is 1.84 bits per heavy atom. The number of hydrogen-bond acceptors (Lipinski definition) is 2. The van der Waals surface area contributed by atoms with Crippen LogP contribution in [-0.2, 0) is 4.74 Å². The first-order valence-corrected chi connectivity index (χ1v) is 7.53. The second-order valence-electron chi connectivity index (χ2n) is 8.15. The van der Waals surface area contributed by atoms with E-state index in [0.29, 0.717) is 16.9 Å². The maximum absolute atomic E-state index is 6.21. The summed E-state index contributed by atoms with van der Waals surface area (Å²) in [4.78, 5) is 0. The number of halogens is 1. The third-order valence-corrected chi connectivity index (χ3v) is 5.79. The van der Waals surface area contributed by atoms with Crippen molar-refractivity contribution < 1.29 is 4.74 Å². The Morgan fingerprint density at radius 3 is 2.26 bits per heavy atom. The fraction of sp³-hybridized carbons (Fsp3) is 1.00. The van der Waals surface area contributed by atoms with Gasteiger partial charge in [0.1, 0.15) is 0 Å². The minimum absolute atomic E-state index is 0. The molecule has 3 unspecified atom stereocenters. The van der Waals surface area contributed by atoms with Gasteiger partial charge in [-0.2, -0.15) is 0 Å². The number of fused-ring (bicyclic) bond motifs is 2. The zero-order valence-corrected chi connectivity index (χ0v) is 14.3. The second kappa shape index (κ2) is 5.54. The van der Waals surface area contributed by atoms with Crippen molar-refractivity contribution in [2.24, 2.45) is 16.7 Å². The topological polar surface area (TPSA) is 21.3 Å². The van der Waals surface area contributed by atoms with Crippen LogP contribution in [-0.4, -0.2) is 24.8 Å². The monoisotopic (exact) mass is 289 g/mol. The van der Waals surface area contributed by atoms with Gasteiger partial charge in [-0.25, -0.2) is 0 Å². The highest BCUT2D eigenvalue weighted by molar-refractivity contribution is 5.85. The van der Waals surface area contributed by atoms with Crippen molar-refractivity contribution >= 4 is 12.4 Å². The van der Waals surface area contributed by atoms with E-state index >= 15 is 0 Å².